The van der Waals surface area contributed by atoms with E-state index in [2.05, 4.69) is 0 Å². The minimum Gasteiger partial charge on any atom is -0.434 e. The molecule has 44 heavy (non-hydrogen) atoms. The molecule has 256 valence electrons. The molecule has 0 amide bonds. The smallest absolute Gasteiger partial charge is 0.434 e. The standard InChI is InChI=1S/C28H48O16/c1-5-25(9-29,10-30)13-37-21(33)39-15-27(7-3,16-40-22(34)38-14-26(6-2,11-31)12-32)17-41-23(35)42-18-28(8-4)19-43-24(36)44-20-28/h29-32H,5-20H2,1-4H3. The highest BCUT2D eigenvalue weighted by atomic mass is 16.8. The molecule has 4 N–H and O–H groups in total. The molecule has 1 saturated heterocycles. The van der Waals surface area contributed by atoms with Crippen LogP contribution in [0.1, 0.15) is 53.4 Å². The first kappa shape index (κ1) is 38.9. The van der Waals surface area contributed by atoms with Crippen molar-refractivity contribution in [3.05, 3.63) is 0 Å². The molecular weight excluding hydrogens is 592 g/mol. The number of hydrogen-bond donors (Lipinski definition) is 4. The number of cyclic esters (lactones) is 2. The maximum Gasteiger partial charge on any atom is 0.508 e. The fraction of sp³-hybridized carbons (Fsp3) is 0.857. The number of rotatable bonds is 20. The predicted molar refractivity (Wildman–Crippen MR) is 148 cm³/mol. The van der Waals surface area contributed by atoms with Gasteiger partial charge in [-0.05, 0) is 25.7 Å². The van der Waals surface area contributed by atoms with Gasteiger partial charge >= 0.3 is 24.6 Å². The van der Waals surface area contributed by atoms with Gasteiger partial charge in [0.25, 0.3) is 0 Å². The van der Waals surface area contributed by atoms with Crippen LogP contribution in [0, 0.1) is 21.7 Å². The second-order valence-electron chi connectivity index (χ2n) is 11.4. The van der Waals surface area contributed by atoms with Crippen LogP contribution in [0.5, 0.6) is 0 Å². The van der Waals surface area contributed by atoms with E-state index in [0.717, 1.165) is 0 Å². The molecule has 0 atom stereocenters. The Morgan fingerprint density at radius 1 is 0.614 bits per heavy atom. The first-order chi connectivity index (χ1) is 20.9. The van der Waals surface area contributed by atoms with Crippen molar-refractivity contribution in [2.24, 2.45) is 21.7 Å². The molecule has 1 rings (SSSR count). The van der Waals surface area contributed by atoms with E-state index in [9.17, 15) is 39.6 Å². The molecule has 0 bridgehead atoms. The number of ether oxygens (including phenoxy) is 8. The molecule has 1 heterocycles. The molecule has 1 aliphatic heterocycles. The molecule has 16 nitrogen and oxygen atoms in total. The Balaban J connectivity index is 2.90. The van der Waals surface area contributed by atoms with Crippen LogP contribution < -0.4 is 0 Å². The van der Waals surface area contributed by atoms with Crippen LogP contribution in [0.3, 0.4) is 0 Å². The summed E-state index contributed by atoms with van der Waals surface area (Å²) < 4.78 is 41.0. The zero-order valence-corrected chi connectivity index (χ0v) is 26.0. The molecule has 0 aromatic rings. The lowest BCUT2D eigenvalue weighted by Gasteiger charge is -2.34. The first-order valence-corrected chi connectivity index (χ1v) is 14.5. The van der Waals surface area contributed by atoms with Gasteiger partial charge in [0.15, 0.2) is 0 Å². The number of carbonyl (C=O) groups excluding carboxylic acids is 4. The summed E-state index contributed by atoms with van der Waals surface area (Å²) in [6.07, 6.45) is -2.92. The number of aliphatic hydroxyl groups excluding tert-OH is 4. The van der Waals surface area contributed by atoms with Gasteiger partial charge in [-0.2, -0.15) is 0 Å². The quantitative estimate of drug-likeness (QED) is 0.110. The zero-order chi connectivity index (χ0) is 33.3. The third-order valence-electron chi connectivity index (χ3n) is 8.31. The van der Waals surface area contributed by atoms with Crippen molar-refractivity contribution < 1.29 is 77.5 Å². The number of carbonyl (C=O) groups is 4. The zero-order valence-electron chi connectivity index (χ0n) is 26.0. The normalized spacial score (nSPS) is 15.0. The Bertz CT molecular complexity index is 832. The van der Waals surface area contributed by atoms with Crippen LogP contribution in [0.2, 0.25) is 0 Å². The van der Waals surface area contributed by atoms with Crippen molar-refractivity contribution in [3.63, 3.8) is 0 Å². The Hall–Kier alpha value is -3.08. The summed E-state index contributed by atoms with van der Waals surface area (Å²) in [7, 11) is 0. The van der Waals surface area contributed by atoms with Crippen LogP contribution >= 0.6 is 0 Å². The maximum atomic E-state index is 12.5. The van der Waals surface area contributed by atoms with Gasteiger partial charge in [0.05, 0.1) is 48.1 Å². The SMILES string of the molecule is CCC(CO)(CO)COC(=O)OCC(CC)(COC(=O)OCC(CC)(CO)CO)COC(=O)OCC1(CC)COC(=O)OC1. The average molecular weight is 641 g/mol. The Morgan fingerprint density at radius 3 is 1.23 bits per heavy atom. The highest BCUT2D eigenvalue weighted by Crippen LogP contribution is 2.29. The molecule has 1 fully saturated rings. The largest absolute Gasteiger partial charge is 0.508 e. The topological polar surface area (TPSA) is 223 Å². The lowest BCUT2D eigenvalue weighted by molar-refractivity contribution is -0.0960. The molecule has 0 spiro atoms. The minimum absolute atomic E-state index is 0.0157. The lowest BCUT2D eigenvalue weighted by Crippen LogP contribution is -2.43. The molecule has 0 aliphatic carbocycles. The molecule has 0 aromatic carbocycles. The highest BCUT2D eigenvalue weighted by Gasteiger charge is 2.40. The van der Waals surface area contributed by atoms with E-state index in [0.29, 0.717) is 19.3 Å². The maximum absolute atomic E-state index is 12.5. The van der Waals surface area contributed by atoms with E-state index < -0.39 is 92.5 Å². The van der Waals surface area contributed by atoms with Gasteiger partial charge in [-0.3, -0.25) is 0 Å². The Morgan fingerprint density at radius 2 is 0.932 bits per heavy atom. The van der Waals surface area contributed by atoms with Gasteiger partial charge in [-0.1, -0.05) is 27.7 Å². The monoisotopic (exact) mass is 640 g/mol. The van der Waals surface area contributed by atoms with Gasteiger partial charge in [-0.25, -0.2) is 19.2 Å². The second kappa shape index (κ2) is 18.7. The van der Waals surface area contributed by atoms with E-state index in [1.807, 2.05) is 6.92 Å². The summed E-state index contributed by atoms with van der Waals surface area (Å²) >= 11 is 0. The van der Waals surface area contributed by atoms with Crippen molar-refractivity contribution in [1.29, 1.82) is 0 Å². The summed E-state index contributed by atoms with van der Waals surface area (Å²) in [6, 6.07) is 0. The molecule has 0 aromatic heterocycles. The fourth-order valence-electron chi connectivity index (χ4n) is 3.66. The van der Waals surface area contributed by atoms with E-state index in [-0.39, 0.29) is 39.5 Å². The molecule has 16 heteroatoms. The van der Waals surface area contributed by atoms with Crippen LogP contribution in [0.4, 0.5) is 19.2 Å². The minimum atomic E-state index is -1.30. The van der Waals surface area contributed by atoms with Gasteiger partial charge in [0, 0.05) is 0 Å². The molecule has 0 unspecified atom stereocenters. The third kappa shape index (κ3) is 11.8. The Kier molecular flexibility index (Phi) is 16.5. The summed E-state index contributed by atoms with van der Waals surface area (Å²) in [5.41, 5.74) is -4.18. The van der Waals surface area contributed by atoms with Crippen molar-refractivity contribution in [3.8, 4) is 0 Å². The van der Waals surface area contributed by atoms with Crippen LogP contribution in [-0.2, 0) is 37.9 Å². The lowest BCUT2D eigenvalue weighted by atomic mass is 9.87. The van der Waals surface area contributed by atoms with Gasteiger partial charge in [0.2, 0.25) is 0 Å². The molecular formula is C28H48O16. The predicted octanol–water partition coefficient (Wildman–Crippen LogP) is 2.17. The van der Waals surface area contributed by atoms with Crippen molar-refractivity contribution in [1.82, 2.24) is 0 Å². The summed E-state index contributed by atoms with van der Waals surface area (Å²) in [4.78, 5) is 48.5. The van der Waals surface area contributed by atoms with Crippen molar-refractivity contribution >= 4 is 24.6 Å². The van der Waals surface area contributed by atoms with Crippen LogP contribution in [-0.4, -0.2) is 124 Å². The van der Waals surface area contributed by atoms with Gasteiger partial charge < -0.3 is 58.3 Å². The van der Waals surface area contributed by atoms with Gasteiger partial charge in [0.1, 0.15) is 52.9 Å². The highest BCUT2D eigenvalue weighted by molar-refractivity contribution is 5.62. The van der Waals surface area contributed by atoms with E-state index in [4.69, 9.17) is 37.9 Å². The van der Waals surface area contributed by atoms with Crippen LogP contribution in [0.15, 0.2) is 0 Å². The Labute approximate surface area is 256 Å². The van der Waals surface area contributed by atoms with Gasteiger partial charge in [-0.15, -0.1) is 0 Å². The number of hydrogen-bond acceptors (Lipinski definition) is 16. The van der Waals surface area contributed by atoms with Crippen molar-refractivity contribution in [2.45, 2.75) is 53.4 Å². The van der Waals surface area contributed by atoms with E-state index in [1.54, 1.807) is 20.8 Å². The molecule has 0 radical (unpaired) electrons. The fourth-order valence-corrected chi connectivity index (χ4v) is 3.66. The first-order valence-electron chi connectivity index (χ1n) is 14.5. The van der Waals surface area contributed by atoms with Crippen LogP contribution in [0.25, 0.3) is 0 Å². The summed E-state index contributed by atoms with van der Waals surface area (Å²) in [6.45, 7) is 2.96. The summed E-state index contributed by atoms with van der Waals surface area (Å²) in [5.74, 6) is 0. The van der Waals surface area contributed by atoms with Crippen molar-refractivity contribution in [2.75, 3.05) is 79.3 Å². The average Bonchev–Trinajstić information content (AvgIpc) is 3.06. The van der Waals surface area contributed by atoms with E-state index >= 15 is 0 Å². The third-order valence-corrected chi connectivity index (χ3v) is 8.31. The summed E-state index contributed by atoms with van der Waals surface area (Å²) in [5, 5.41) is 38.3. The molecule has 1 aliphatic rings. The second-order valence-corrected chi connectivity index (χ2v) is 11.4. The molecule has 0 saturated carbocycles. The van der Waals surface area contributed by atoms with E-state index in [1.165, 1.54) is 0 Å². The number of aliphatic hydroxyl groups is 4.